The Hall–Kier alpha value is -3.57. The second-order valence-electron chi connectivity index (χ2n) is 10.1. The average Bonchev–Trinajstić information content (AvgIpc) is 2.98. The maximum Gasteiger partial charge on any atom is 0.256 e. The zero-order chi connectivity index (χ0) is 28.1. The van der Waals surface area contributed by atoms with Gasteiger partial charge in [-0.05, 0) is 48.9 Å². The number of hydrogen-bond donors (Lipinski definition) is 1. The summed E-state index contributed by atoms with van der Waals surface area (Å²) in [6.07, 6.45) is 0. The number of piperazine rings is 1. The summed E-state index contributed by atoms with van der Waals surface area (Å²) >= 11 is 0. The van der Waals surface area contributed by atoms with Crippen LogP contribution in [0.25, 0.3) is 0 Å². The van der Waals surface area contributed by atoms with Gasteiger partial charge < -0.3 is 15.0 Å². The predicted molar refractivity (Wildman–Crippen MR) is 153 cm³/mol. The van der Waals surface area contributed by atoms with E-state index < -0.39 is 10.0 Å². The molecule has 0 atom stereocenters. The number of carbonyl (C=O) groups excluding carboxylic acids is 2. The van der Waals surface area contributed by atoms with E-state index in [0.717, 1.165) is 11.1 Å². The van der Waals surface area contributed by atoms with Crippen molar-refractivity contribution in [3.8, 4) is 0 Å². The molecule has 1 N–H and O–H groups in total. The maximum absolute atomic E-state index is 13.0. The molecule has 0 bridgehead atoms. The van der Waals surface area contributed by atoms with Gasteiger partial charge in [0.05, 0.1) is 29.4 Å². The number of rotatable bonds is 7. The minimum absolute atomic E-state index is 0.124. The first kappa shape index (κ1) is 28.0. The molecule has 10 heteroatoms. The maximum atomic E-state index is 13.0. The lowest BCUT2D eigenvalue weighted by atomic mass is 10.1. The van der Waals surface area contributed by atoms with Crippen LogP contribution in [0.15, 0.2) is 77.7 Å². The number of nitrogens with zero attached hydrogens (tertiary/aromatic N) is 3. The Morgan fingerprint density at radius 3 is 2.15 bits per heavy atom. The molecule has 0 spiro atoms. The lowest BCUT2D eigenvalue weighted by molar-refractivity contribution is 0.0303. The Balaban J connectivity index is 1.16. The molecule has 210 valence electrons. The fraction of sp³-hybridized carbons (Fsp3) is 0.333. The number of para-hydroxylation sites is 1. The quantitative estimate of drug-likeness (QED) is 0.475. The second-order valence-corrected chi connectivity index (χ2v) is 12.0. The van der Waals surface area contributed by atoms with Gasteiger partial charge in [0.25, 0.3) is 11.8 Å². The summed E-state index contributed by atoms with van der Waals surface area (Å²) in [5.74, 6) is -0.412. The molecule has 0 aliphatic carbocycles. The summed E-state index contributed by atoms with van der Waals surface area (Å²) in [5, 5.41) is 2.89. The van der Waals surface area contributed by atoms with Crippen molar-refractivity contribution >= 4 is 27.5 Å². The van der Waals surface area contributed by atoms with E-state index in [1.807, 2.05) is 31.2 Å². The summed E-state index contributed by atoms with van der Waals surface area (Å²) in [6, 6.07) is 21.4. The molecule has 40 heavy (non-hydrogen) atoms. The first-order valence-corrected chi connectivity index (χ1v) is 14.9. The summed E-state index contributed by atoms with van der Waals surface area (Å²) in [6.45, 7) is 6.78. The van der Waals surface area contributed by atoms with Gasteiger partial charge in [-0.2, -0.15) is 4.31 Å². The summed E-state index contributed by atoms with van der Waals surface area (Å²) in [5.41, 5.74) is 3.49. The Bertz CT molecular complexity index is 1440. The first-order chi connectivity index (χ1) is 19.3. The van der Waals surface area contributed by atoms with Crippen LogP contribution < -0.4 is 5.32 Å². The number of aryl methyl sites for hydroxylation is 1. The summed E-state index contributed by atoms with van der Waals surface area (Å²) in [7, 11) is -3.50. The van der Waals surface area contributed by atoms with Gasteiger partial charge in [0.15, 0.2) is 0 Å². The van der Waals surface area contributed by atoms with Gasteiger partial charge in [0.1, 0.15) is 0 Å². The average molecular weight is 563 g/mol. The normalized spacial score (nSPS) is 17.0. The molecule has 0 saturated carbocycles. The number of hydrogen-bond acceptors (Lipinski definition) is 6. The van der Waals surface area contributed by atoms with E-state index in [9.17, 15) is 18.0 Å². The molecule has 0 radical (unpaired) electrons. The van der Waals surface area contributed by atoms with Crippen LogP contribution in [-0.4, -0.2) is 86.8 Å². The number of morpholine rings is 1. The van der Waals surface area contributed by atoms with E-state index in [-0.39, 0.29) is 11.8 Å². The minimum Gasteiger partial charge on any atom is -0.378 e. The lowest BCUT2D eigenvalue weighted by Gasteiger charge is -2.34. The third-order valence-electron chi connectivity index (χ3n) is 7.32. The molecule has 5 rings (SSSR count). The van der Waals surface area contributed by atoms with Crippen LogP contribution in [0.5, 0.6) is 0 Å². The van der Waals surface area contributed by atoms with Crippen molar-refractivity contribution in [3.05, 3.63) is 95.1 Å². The van der Waals surface area contributed by atoms with E-state index in [2.05, 4.69) is 10.2 Å². The summed E-state index contributed by atoms with van der Waals surface area (Å²) in [4.78, 5) is 30.3. The molecule has 2 heterocycles. The highest BCUT2D eigenvalue weighted by molar-refractivity contribution is 7.89. The van der Waals surface area contributed by atoms with Gasteiger partial charge in [0, 0.05) is 51.4 Å². The fourth-order valence-corrected chi connectivity index (χ4v) is 6.34. The molecular weight excluding hydrogens is 528 g/mol. The van der Waals surface area contributed by atoms with Crippen molar-refractivity contribution in [2.24, 2.45) is 0 Å². The number of benzene rings is 3. The van der Waals surface area contributed by atoms with Crippen LogP contribution in [0.3, 0.4) is 0 Å². The molecule has 3 aromatic rings. The molecule has 2 fully saturated rings. The van der Waals surface area contributed by atoms with Crippen LogP contribution in [0, 0.1) is 6.92 Å². The van der Waals surface area contributed by atoms with Crippen LogP contribution in [0.4, 0.5) is 5.69 Å². The number of nitrogens with one attached hydrogen (secondary N) is 1. The number of sulfonamides is 1. The third kappa shape index (κ3) is 6.42. The highest BCUT2D eigenvalue weighted by atomic mass is 32.2. The standard InChI is InChI=1S/C30H34N4O5S/c1-23-6-12-26(13-7-23)40(37,38)34-16-14-32(15-17-34)22-24-8-10-25(11-9-24)29(35)31-28-5-3-2-4-27(28)30(36)33-18-20-39-21-19-33/h2-13H,14-22H2,1H3,(H,31,35). The molecule has 0 unspecified atom stereocenters. The Morgan fingerprint density at radius 1 is 0.825 bits per heavy atom. The molecule has 2 saturated heterocycles. The van der Waals surface area contributed by atoms with Gasteiger partial charge in [-0.1, -0.05) is 42.0 Å². The van der Waals surface area contributed by atoms with Gasteiger partial charge in [-0.15, -0.1) is 0 Å². The SMILES string of the molecule is Cc1ccc(S(=O)(=O)N2CCN(Cc3ccc(C(=O)Nc4ccccc4C(=O)N4CCOCC4)cc3)CC2)cc1. The Labute approximate surface area is 235 Å². The fourth-order valence-electron chi connectivity index (χ4n) is 4.92. The molecule has 0 aromatic heterocycles. The minimum atomic E-state index is -3.50. The first-order valence-electron chi connectivity index (χ1n) is 13.5. The van der Waals surface area contributed by atoms with E-state index in [0.29, 0.717) is 80.7 Å². The Kier molecular flexibility index (Phi) is 8.60. The molecule has 2 aliphatic rings. The van der Waals surface area contributed by atoms with Crippen molar-refractivity contribution in [2.45, 2.75) is 18.4 Å². The second kappa shape index (κ2) is 12.3. The van der Waals surface area contributed by atoms with Crippen molar-refractivity contribution < 1.29 is 22.7 Å². The van der Waals surface area contributed by atoms with Crippen molar-refractivity contribution in [2.75, 3.05) is 57.8 Å². The van der Waals surface area contributed by atoms with Gasteiger partial charge in [-0.3, -0.25) is 14.5 Å². The smallest absolute Gasteiger partial charge is 0.256 e. The van der Waals surface area contributed by atoms with Gasteiger partial charge in [0.2, 0.25) is 10.0 Å². The number of ether oxygens (including phenoxy) is 1. The number of carbonyl (C=O) groups is 2. The highest BCUT2D eigenvalue weighted by Crippen LogP contribution is 2.21. The van der Waals surface area contributed by atoms with E-state index in [1.54, 1.807) is 57.7 Å². The van der Waals surface area contributed by atoms with Crippen LogP contribution in [0.2, 0.25) is 0 Å². The number of anilines is 1. The molecule has 3 aromatic carbocycles. The topological polar surface area (TPSA) is 99.3 Å². The monoisotopic (exact) mass is 562 g/mol. The highest BCUT2D eigenvalue weighted by Gasteiger charge is 2.28. The van der Waals surface area contributed by atoms with E-state index in [4.69, 9.17) is 4.74 Å². The molecule has 2 amide bonds. The lowest BCUT2D eigenvalue weighted by Crippen LogP contribution is -2.48. The molecule has 2 aliphatic heterocycles. The van der Waals surface area contributed by atoms with Gasteiger partial charge in [-0.25, -0.2) is 8.42 Å². The van der Waals surface area contributed by atoms with E-state index >= 15 is 0 Å². The third-order valence-corrected chi connectivity index (χ3v) is 9.23. The van der Waals surface area contributed by atoms with E-state index in [1.165, 1.54) is 0 Å². The van der Waals surface area contributed by atoms with Crippen molar-refractivity contribution in [1.82, 2.24) is 14.1 Å². The zero-order valence-corrected chi connectivity index (χ0v) is 23.4. The molecule has 9 nitrogen and oxygen atoms in total. The molecular formula is C30H34N4O5S. The largest absolute Gasteiger partial charge is 0.378 e. The number of amides is 2. The summed E-state index contributed by atoms with van der Waals surface area (Å²) < 4.78 is 32.8. The Morgan fingerprint density at radius 2 is 1.48 bits per heavy atom. The van der Waals surface area contributed by atoms with Crippen LogP contribution >= 0.6 is 0 Å². The van der Waals surface area contributed by atoms with Crippen LogP contribution in [0.1, 0.15) is 31.8 Å². The van der Waals surface area contributed by atoms with Crippen LogP contribution in [-0.2, 0) is 21.3 Å². The van der Waals surface area contributed by atoms with Gasteiger partial charge >= 0.3 is 0 Å². The van der Waals surface area contributed by atoms with Crippen molar-refractivity contribution in [1.29, 1.82) is 0 Å². The van der Waals surface area contributed by atoms with Crippen molar-refractivity contribution in [3.63, 3.8) is 0 Å². The zero-order valence-electron chi connectivity index (χ0n) is 22.6. The predicted octanol–water partition coefficient (Wildman–Crippen LogP) is 3.23.